The molecular weight excluding hydrogens is 420 g/mol. The highest BCUT2D eigenvalue weighted by Crippen LogP contribution is 2.30. The molecule has 0 radical (unpaired) electrons. The number of rotatable bonds is 5. The van der Waals surface area contributed by atoms with E-state index in [0.717, 1.165) is 16.3 Å². The minimum absolute atomic E-state index is 0.00305. The van der Waals surface area contributed by atoms with Gasteiger partial charge in [-0.3, -0.25) is 19.7 Å². The van der Waals surface area contributed by atoms with Gasteiger partial charge in [-0.25, -0.2) is 0 Å². The first kappa shape index (κ1) is 22.3. The quantitative estimate of drug-likeness (QED) is 0.474. The SMILES string of the molecule is CC(=O)N1CCN(c2ccc(C(=O)NC(C)c3ccc4ccccc4c3)cc2[N+](=O)[O-])CC1. The van der Waals surface area contributed by atoms with Gasteiger partial charge >= 0.3 is 0 Å². The largest absolute Gasteiger partial charge is 0.362 e. The molecule has 3 aromatic carbocycles. The summed E-state index contributed by atoms with van der Waals surface area (Å²) in [7, 11) is 0. The van der Waals surface area contributed by atoms with Crippen molar-refractivity contribution in [3.63, 3.8) is 0 Å². The lowest BCUT2D eigenvalue weighted by Crippen LogP contribution is -2.48. The van der Waals surface area contributed by atoms with Gasteiger partial charge in [0.05, 0.1) is 11.0 Å². The average Bonchev–Trinajstić information content (AvgIpc) is 2.83. The van der Waals surface area contributed by atoms with Crippen LogP contribution in [0, 0.1) is 10.1 Å². The summed E-state index contributed by atoms with van der Waals surface area (Å²) in [6.45, 7) is 5.44. The standard InChI is InChI=1S/C25H26N4O4/c1-17(20-8-7-19-5-3-4-6-21(19)15-20)26-25(31)22-9-10-23(24(16-22)29(32)33)28-13-11-27(12-14-28)18(2)30/h3-10,15-17H,11-14H2,1-2H3,(H,26,31). The van der Waals surface area contributed by atoms with Crippen molar-refractivity contribution < 1.29 is 14.5 Å². The van der Waals surface area contributed by atoms with E-state index in [9.17, 15) is 19.7 Å². The molecule has 1 atom stereocenters. The molecule has 3 aromatic rings. The Morgan fingerprint density at radius 1 is 0.970 bits per heavy atom. The Bertz CT molecular complexity index is 1220. The van der Waals surface area contributed by atoms with E-state index >= 15 is 0 Å². The lowest BCUT2D eigenvalue weighted by Gasteiger charge is -2.35. The third-order valence-electron chi connectivity index (χ3n) is 6.12. The molecule has 0 aliphatic carbocycles. The molecule has 33 heavy (non-hydrogen) atoms. The van der Waals surface area contributed by atoms with Gasteiger partial charge in [0.2, 0.25) is 5.91 Å². The molecule has 0 bridgehead atoms. The normalized spacial score (nSPS) is 14.7. The lowest BCUT2D eigenvalue weighted by molar-refractivity contribution is -0.384. The van der Waals surface area contributed by atoms with Crippen LogP contribution in [-0.2, 0) is 4.79 Å². The van der Waals surface area contributed by atoms with E-state index in [0.29, 0.717) is 31.9 Å². The molecule has 1 N–H and O–H groups in total. The molecule has 2 amide bonds. The topological polar surface area (TPSA) is 95.8 Å². The summed E-state index contributed by atoms with van der Waals surface area (Å²) in [4.78, 5) is 39.3. The van der Waals surface area contributed by atoms with Crippen LogP contribution >= 0.6 is 0 Å². The Morgan fingerprint density at radius 2 is 1.67 bits per heavy atom. The summed E-state index contributed by atoms with van der Waals surface area (Å²) < 4.78 is 0. The molecule has 1 aliphatic heterocycles. The van der Waals surface area contributed by atoms with Crippen molar-refractivity contribution in [3.05, 3.63) is 81.9 Å². The molecule has 1 aliphatic rings. The van der Waals surface area contributed by atoms with E-state index in [1.54, 1.807) is 17.0 Å². The molecule has 1 fully saturated rings. The molecule has 4 rings (SSSR count). The number of carbonyl (C=O) groups is 2. The van der Waals surface area contributed by atoms with E-state index in [2.05, 4.69) is 5.32 Å². The van der Waals surface area contributed by atoms with Crippen LogP contribution in [0.3, 0.4) is 0 Å². The summed E-state index contributed by atoms with van der Waals surface area (Å²) in [5, 5.41) is 16.9. The maximum atomic E-state index is 12.9. The van der Waals surface area contributed by atoms with Crippen molar-refractivity contribution in [1.82, 2.24) is 10.2 Å². The third-order valence-corrected chi connectivity index (χ3v) is 6.12. The maximum Gasteiger partial charge on any atom is 0.293 e. The number of amides is 2. The number of piperazine rings is 1. The number of nitrogens with zero attached hydrogens (tertiary/aromatic N) is 3. The van der Waals surface area contributed by atoms with Crippen LogP contribution in [0.1, 0.15) is 35.8 Å². The first-order chi connectivity index (χ1) is 15.8. The van der Waals surface area contributed by atoms with E-state index in [4.69, 9.17) is 0 Å². The van der Waals surface area contributed by atoms with Crippen molar-refractivity contribution in [2.45, 2.75) is 19.9 Å². The van der Waals surface area contributed by atoms with Crippen LogP contribution in [-0.4, -0.2) is 47.8 Å². The van der Waals surface area contributed by atoms with E-state index in [1.165, 1.54) is 13.0 Å². The number of hydrogen-bond acceptors (Lipinski definition) is 5. The molecule has 1 unspecified atom stereocenters. The first-order valence-corrected chi connectivity index (χ1v) is 10.9. The van der Waals surface area contributed by atoms with E-state index in [-0.39, 0.29) is 29.1 Å². The van der Waals surface area contributed by atoms with Crippen molar-refractivity contribution >= 4 is 34.0 Å². The minimum Gasteiger partial charge on any atom is -0.362 e. The number of hydrogen-bond donors (Lipinski definition) is 1. The summed E-state index contributed by atoms with van der Waals surface area (Å²) in [5.41, 5.74) is 1.54. The number of nitro groups is 1. The molecular formula is C25H26N4O4. The smallest absolute Gasteiger partial charge is 0.293 e. The summed E-state index contributed by atoms with van der Waals surface area (Å²) in [6.07, 6.45) is 0. The van der Waals surface area contributed by atoms with Gasteiger partial charge in [-0.05, 0) is 41.5 Å². The predicted molar refractivity (Wildman–Crippen MR) is 127 cm³/mol. The number of fused-ring (bicyclic) bond motifs is 1. The van der Waals surface area contributed by atoms with Crippen LogP contribution in [0.5, 0.6) is 0 Å². The second kappa shape index (κ2) is 9.28. The number of benzene rings is 3. The predicted octanol–water partition coefficient (Wildman–Crippen LogP) is 3.91. The third kappa shape index (κ3) is 4.79. The van der Waals surface area contributed by atoms with Gasteiger partial charge in [0.15, 0.2) is 0 Å². The van der Waals surface area contributed by atoms with Crippen LogP contribution in [0.25, 0.3) is 10.8 Å². The Kier molecular flexibility index (Phi) is 6.26. The summed E-state index contributed by atoms with van der Waals surface area (Å²) >= 11 is 0. The Labute approximate surface area is 191 Å². The van der Waals surface area contributed by atoms with Crippen LogP contribution < -0.4 is 10.2 Å². The van der Waals surface area contributed by atoms with Crippen LogP contribution in [0.2, 0.25) is 0 Å². The highest BCUT2D eigenvalue weighted by molar-refractivity contribution is 5.96. The monoisotopic (exact) mass is 446 g/mol. The molecule has 8 heteroatoms. The van der Waals surface area contributed by atoms with Gasteiger partial charge in [-0.15, -0.1) is 0 Å². The fraction of sp³-hybridized carbons (Fsp3) is 0.280. The van der Waals surface area contributed by atoms with E-state index < -0.39 is 4.92 Å². The summed E-state index contributed by atoms with van der Waals surface area (Å²) in [6, 6.07) is 18.3. The lowest BCUT2D eigenvalue weighted by atomic mass is 10.0. The average molecular weight is 447 g/mol. The van der Waals surface area contributed by atoms with Crippen molar-refractivity contribution in [1.29, 1.82) is 0 Å². The zero-order chi connectivity index (χ0) is 23.5. The first-order valence-electron chi connectivity index (χ1n) is 10.9. The number of nitro benzene ring substituents is 1. The van der Waals surface area contributed by atoms with Gasteiger partial charge < -0.3 is 15.1 Å². The second-order valence-electron chi connectivity index (χ2n) is 8.26. The van der Waals surface area contributed by atoms with Crippen LogP contribution in [0.15, 0.2) is 60.7 Å². The molecule has 1 heterocycles. The number of carbonyl (C=O) groups excluding carboxylic acids is 2. The van der Waals surface area contributed by atoms with Gasteiger partial charge in [-0.2, -0.15) is 0 Å². The molecule has 0 saturated carbocycles. The number of nitrogens with one attached hydrogen (secondary N) is 1. The zero-order valence-electron chi connectivity index (χ0n) is 18.7. The van der Waals surface area contributed by atoms with E-state index in [1.807, 2.05) is 54.3 Å². The fourth-order valence-electron chi connectivity index (χ4n) is 4.18. The Hall–Kier alpha value is -3.94. The van der Waals surface area contributed by atoms with Gasteiger partial charge in [0.25, 0.3) is 11.6 Å². The van der Waals surface area contributed by atoms with Crippen molar-refractivity contribution in [3.8, 4) is 0 Å². The molecule has 1 saturated heterocycles. The molecule has 0 spiro atoms. The fourth-order valence-corrected chi connectivity index (χ4v) is 4.18. The minimum atomic E-state index is -0.462. The maximum absolute atomic E-state index is 12.9. The van der Waals surface area contributed by atoms with Gasteiger partial charge in [0.1, 0.15) is 5.69 Å². The highest BCUT2D eigenvalue weighted by Gasteiger charge is 2.26. The number of anilines is 1. The van der Waals surface area contributed by atoms with Crippen molar-refractivity contribution in [2.24, 2.45) is 0 Å². The second-order valence-corrected chi connectivity index (χ2v) is 8.26. The molecule has 0 aromatic heterocycles. The molecule has 8 nitrogen and oxygen atoms in total. The van der Waals surface area contributed by atoms with Crippen LogP contribution in [0.4, 0.5) is 11.4 Å². The highest BCUT2D eigenvalue weighted by atomic mass is 16.6. The zero-order valence-corrected chi connectivity index (χ0v) is 18.7. The Balaban J connectivity index is 1.51. The van der Waals surface area contributed by atoms with Gasteiger partial charge in [-0.1, -0.05) is 36.4 Å². The Morgan fingerprint density at radius 3 is 2.33 bits per heavy atom. The van der Waals surface area contributed by atoms with Crippen molar-refractivity contribution in [2.75, 3.05) is 31.1 Å². The summed E-state index contributed by atoms with van der Waals surface area (Å²) in [5.74, 6) is -0.372. The molecule has 170 valence electrons. The van der Waals surface area contributed by atoms with Gasteiger partial charge in [0, 0.05) is 44.7 Å².